The number of hydrogen-bond donors (Lipinski definition) is 1. The smallest absolute Gasteiger partial charge is 0.317 e. The van der Waals surface area contributed by atoms with Crippen molar-refractivity contribution in [3.8, 4) is 5.69 Å². The molecule has 0 radical (unpaired) electrons. The lowest BCUT2D eigenvalue weighted by Crippen LogP contribution is -2.43. The fourth-order valence-corrected chi connectivity index (χ4v) is 3.97. The third-order valence-corrected chi connectivity index (χ3v) is 5.51. The number of carbonyl (C=O) groups excluding carboxylic acids is 1. The Kier molecular flexibility index (Phi) is 4.52. The van der Waals surface area contributed by atoms with Crippen molar-refractivity contribution in [1.82, 2.24) is 20.0 Å². The molecule has 0 aliphatic carbocycles. The van der Waals surface area contributed by atoms with Crippen LogP contribution in [0.3, 0.4) is 0 Å². The average Bonchev–Trinajstić information content (AvgIpc) is 3.33. The second-order valence-corrected chi connectivity index (χ2v) is 7.14. The SMILES string of the molecule is O=C(NCCc1ccc(-n2cccn2)cc1)N1CCc2sccc2C1. The summed E-state index contributed by atoms with van der Waals surface area (Å²) in [4.78, 5) is 15.7. The molecule has 0 unspecified atom stereocenters. The van der Waals surface area contributed by atoms with Gasteiger partial charge in [0.05, 0.1) is 5.69 Å². The zero-order valence-electron chi connectivity index (χ0n) is 13.9. The van der Waals surface area contributed by atoms with Crippen molar-refractivity contribution in [2.45, 2.75) is 19.4 Å². The van der Waals surface area contributed by atoms with Gasteiger partial charge in [-0.2, -0.15) is 5.10 Å². The van der Waals surface area contributed by atoms with E-state index in [1.54, 1.807) is 17.5 Å². The van der Waals surface area contributed by atoms with Crippen LogP contribution in [0.5, 0.6) is 0 Å². The number of thiophene rings is 1. The van der Waals surface area contributed by atoms with Gasteiger partial charge >= 0.3 is 6.03 Å². The van der Waals surface area contributed by atoms with E-state index in [9.17, 15) is 4.79 Å². The molecule has 25 heavy (non-hydrogen) atoms. The van der Waals surface area contributed by atoms with Crippen LogP contribution >= 0.6 is 11.3 Å². The zero-order chi connectivity index (χ0) is 17.1. The highest BCUT2D eigenvalue weighted by Gasteiger charge is 2.20. The molecule has 2 amide bonds. The van der Waals surface area contributed by atoms with Crippen molar-refractivity contribution in [3.63, 3.8) is 0 Å². The molecule has 6 heteroatoms. The molecule has 2 aromatic heterocycles. The highest BCUT2D eigenvalue weighted by molar-refractivity contribution is 7.10. The number of nitrogens with one attached hydrogen (secondary N) is 1. The number of fused-ring (bicyclic) bond motifs is 1. The van der Waals surface area contributed by atoms with Crippen LogP contribution in [0.15, 0.2) is 54.2 Å². The average molecular weight is 352 g/mol. The number of aromatic nitrogens is 2. The first-order chi connectivity index (χ1) is 12.3. The predicted molar refractivity (Wildman–Crippen MR) is 99.1 cm³/mol. The highest BCUT2D eigenvalue weighted by Crippen LogP contribution is 2.23. The monoisotopic (exact) mass is 352 g/mol. The third-order valence-electron chi connectivity index (χ3n) is 4.49. The molecule has 1 N–H and O–H groups in total. The first kappa shape index (κ1) is 15.9. The lowest BCUT2D eigenvalue weighted by atomic mass is 10.1. The van der Waals surface area contributed by atoms with Crippen LogP contribution in [-0.2, 0) is 19.4 Å². The number of rotatable bonds is 4. The Morgan fingerprint density at radius 1 is 1.24 bits per heavy atom. The van der Waals surface area contributed by atoms with Gasteiger partial charge in [-0.1, -0.05) is 12.1 Å². The van der Waals surface area contributed by atoms with Gasteiger partial charge < -0.3 is 10.2 Å². The normalized spacial score (nSPS) is 13.5. The maximum Gasteiger partial charge on any atom is 0.317 e. The molecule has 0 fully saturated rings. The quantitative estimate of drug-likeness (QED) is 0.784. The summed E-state index contributed by atoms with van der Waals surface area (Å²) in [5.74, 6) is 0. The Morgan fingerprint density at radius 2 is 2.12 bits per heavy atom. The predicted octanol–water partition coefficient (Wildman–Crippen LogP) is 3.24. The Hall–Kier alpha value is -2.60. The number of benzene rings is 1. The van der Waals surface area contributed by atoms with E-state index in [-0.39, 0.29) is 6.03 Å². The van der Waals surface area contributed by atoms with Crippen LogP contribution in [0.1, 0.15) is 16.0 Å². The van der Waals surface area contributed by atoms with Gasteiger partial charge in [0, 0.05) is 36.9 Å². The van der Waals surface area contributed by atoms with Gasteiger partial charge in [-0.3, -0.25) is 0 Å². The Labute approximate surface area is 150 Å². The Bertz CT molecular complexity index is 839. The lowest BCUT2D eigenvalue weighted by molar-refractivity contribution is 0.193. The molecule has 0 saturated heterocycles. The zero-order valence-corrected chi connectivity index (χ0v) is 14.7. The van der Waals surface area contributed by atoms with Crippen LogP contribution in [0.2, 0.25) is 0 Å². The summed E-state index contributed by atoms with van der Waals surface area (Å²) >= 11 is 1.79. The summed E-state index contributed by atoms with van der Waals surface area (Å²) in [5.41, 5.74) is 3.54. The van der Waals surface area contributed by atoms with Crippen LogP contribution in [-0.4, -0.2) is 33.8 Å². The maximum absolute atomic E-state index is 12.3. The van der Waals surface area contributed by atoms with Gasteiger partial charge in [0.1, 0.15) is 0 Å². The third kappa shape index (κ3) is 3.58. The molecule has 1 aromatic carbocycles. The molecule has 3 heterocycles. The minimum absolute atomic E-state index is 0.0324. The minimum Gasteiger partial charge on any atom is -0.338 e. The van der Waals surface area contributed by atoms with E-state index in [0.29, 0.717) is 6.54 Å². The number of urea groups is 1. The molecular weight excluding hydrogens is 332 g/mol. The number of carbonyl (C=O) groups is 1. The first-order valence-electron chi connectivity index (χ1n) is 8.46. The molecule has 1 aliphatic heterocycles. The Balaban J connectivity index is 1.27. The van der Waals surface area contributed by atoms with E-state index in [1.165, 1.54) is 16.0 Å². The number of hydrogen-bond acceptors (Lipinski definition) is 3. The molecule has 128 valence electrons. The minimum atomic E-state index is 0.0324. The maximum atomic E-state index is 12.3. The second kappa shape index (κ2) is 7.11. The van der Waals surface area contributed by atoms with Crippen molar-refractivity contribution in [2.75, 3.05) is 13.1 Å². The van der Waals surface area contributed by atoms with Gasteiger partial charge in [-0.05, 0) is 53.6 Å². The van der Waals surface area contributed by atoms with Crippen LogP contribution < -0.4 is 5.32 Å². The van der Waals surface area contributed by atoms with Gasteiger partial charge in [-0.15, -0.1) is 11.3 Å². The Morgan fingerprint density at radius 3 is 2.92 bits per heavy atom. The second-order valence-electron chi connectivity index (χ2n) is 6.14. The topological polar surface area (TPSA) is 50.2 Å². The molecule has 3 aromatic rings. The molecule has 0 atom stereocenters. The number of nitrogens with zero attached hydrogens (tertiary/aromatic N) is 3. The number of amides is 2. The molecule has 0 bridgehead atoms. The van der Waals surface area contributed by atoms with E-state index in [1.807, 2.05) is 34.0 Å². The van der Waals surface area contributed by atoms with Crippen LogP contribution in [0.25, 0.3) is 5.69 Å². The van der Waals surface area contributed by atoms with Crippen LogP contribution in [0, 0.1) is 0 Å². The highest BCUT2D eigenvalue weighted by atomic mass is 32.1. The largest absolute Gasteiger partial charge is 0.338 e. The van der Waals surface area contributed by atoms with Crippen molar-refractivity contribution in [3.05, 3.63) is 70.2 Å². The fourth-order valence-electron chi connectivity index (χ4n) is 3.08. The van der Waals surface area contributed by atoms with Gasteiger partial charge in [-0.25, -0.2) is 9.48 Å². The fraction of sp³-hybridized carbons (Fsp3) is 0.263. The van der Waals surface area contributed by atoms with Crippen molar-refractivity contribution in [1.29, 1.82) is 0 Å². The van der Waals surface area contributed by atoms with Gasteiger partial charge in [0.2, 0.25) is 0 Å². The van der Waals surface area contributed by atoms with Gasteiger partial charge in [0.15, 0.2) is 0 Å². The van der Waals surface area contributed by atoms with E-state index in [4.69, 9.17) is 0 Å². The molecule has 0 saturated carbocycles. The molecule has 0 spiro atoms. The van der Waals surface area contributed by atoms with Crippen molar-refractivity contribution in [2.24, 2.45) is 0 Å². The summed E-state index contributed by atoms with van der Waals surface area (Å²) in [7, 11) is 0. The molecular formula is C19H20N4OS. The molecule has 1 aliphatic rings. The van der Waals surface area contributed by atoms with E-state index >= 15 is 0 Å². The summed E-state index contributed by atoms with van der Waals surface area (Å²) in [6.07, 6.45) is 5.48. The van der Waals surface area contributed by atoms with Crippen molar-refractivity contribution >= 4 is 17.4 Å². The first-order valence-corrected chi connectivity index (χ1v) is 9.34. The van der Waals surface area contributed by atoms with E-state index < -0.39 is 0 Å². The summed E-state index contributed by atoms with van der Waals surface area (Å²) in [5, 5.41) is 9.37. The summed E-state index contributed by atoms with van der Waals surface area (Å²) < 4.78 is 1.83. The molecule has 5 nitrogen and oxygen atoms in total. The van der Waals surface area contributed by atoms with E-state index in [0.717, 1.165) is 31.6 Å². The molecule has 4 rings (SSSR count). The standard InChI is InChI=1S/C19H20N4OS/c24-19(22-12-7-18-16(14-22)8-13-25-18)20-10-6-15-2-4-17(5-3-15)23-11-1-9-21-23/h1-5,8-9,11,13H,6-7,10,12,14H2,(H,20,24). The summed E-state index contributed by atoms with van der Waals surface area (Å²) in [6.45, 7) is 2.17. The van der Waals surface area contributed by atoms with Crippen LogP contribution in [0.4, 0.5) is 4.79 Å². The van der Waals surface area contributed by atoms with E-state index in [2.05, 4.69) is 34.0 Å². The lowest BCUT2D eigenvalue weighted by Gasteiger charge is -2.27. The summed E-state index contributed by atoms with van der Waals surface area (Å²) in [6, 6.07) is 12.3. The van der Waals surface area contributed by atoms with Gasteiger partial charge in [0.25, 0.3) is 0 Å². The van der Waals surface area contributed by atoms with Crippen molar-refractivity contribution < 1.29 is 4.79 Å².